The number of likely N-dealkylation sites (tertiary alicyclic amines) is 1. The molecule has 0 saturated carbocycles. The van der Waals surface area contributed by atoms with Gasteiger partial charge >= 0.3 is 6.18 Å². The third kappa shape index (κ3) is 3.83. The summed E-state index contributed by atoms with van der Waals surface area (Å²) in [6.07, 6.45) is -5.85. The molecule has 7 nitrogen and oxygen atoms in total. The number of alkyl halides is 3. The highest BCUT2D eigenvalue weighted by molar-refractivity contribution is 5.72. The van der Waals surface area contributed by atoms with Gasteiger partial charge in [0.25, 0.3) is 0 Å². The Labute approximate surface area is 122 Å². The number of carbonyl (C=O) groups excluding carboxylic acids is 2. The Hall–Kier alpha value is -2.39. The summed E-state index contributed by atoms with van der Waals surface area (Å²) in [5.74, 6) is -1.82. The lowest BCUT2D eigenvalue weighted by atomic mass is 10.1. The molecule has 1 aromatic rings. The predicted molar refractivity (Wildman–Crippen MR) is 63.0 cm³/mol. The number of amides is 1. The molecule has 0 spiro atoms. The Balaban J connectivity index is 2.10. The minimum atomic E-state index is -4.80. The summed E-state index contributed by atoms with van der Waals surface area (Å²) in [5, 5.41) is 10.6. The van der Waals surface area contributed by atoms with Gasteiger partial charge in [-0.25, -0.2) is 4.98 Å². The Kier molecular flexibility index (Phi) is 4.48. The van der Waals surface area contributed by atoms with Gasteiger partial charge in [0.2, 0.25) is 11.7 Å². The molecule has 1 fully saturated rings. The SMILES string of the molecule is O=Cc1cc(OC2CCN(C(=O)[O-])CC2)nc(C(F)(F)F)n1. The molecule has 22 heavy (non-hydrogen) atoms. The number of piperidine rings is 1. The maximum absolute atomic E-state index is 12.6. The quantitative estimate of drug-likeness (QED) is 0.753. The molecule has 0 bridgehead atoms. The Morgan fingerprint density at radius 3 is 2.50 bits per heavy atom. The van der Waals surface area contributed by atoms with Crippen molar-refractivity contribution in [2.24, 2.45) is 0 Å². The lowest BCUT2D eigenvalue weighted by Crippen LogP contribution is -2.47. The number of carbonyl (C=O) groups is 2. The van der Waals surface area contributed by atoms with E-state index in [1.54, 1.807) is 0 Å². The van der Waals surface area contributed by atoms with Crippen molar-refractivity contribution < 1.29 is 32.6 Å². The zero-order valence-electron chi connectivity index (χ0n) is 11.2. The smallest absolute Gasteiger partial charge is 0.451 e. The van der Waals surface area contributed by atoms with E-state index in [0.717, 1.165) is 11.0 Å². The van der Waals surface area contributed by atoms with Gasteiger partial charge in [-0.05, 0) is 0 Å². The van der Waals surface area contributed by atoms with Crippen LogP contribution in [0.5, 0.6) is 5.88 Å². The number of aldehydes is 1. The normalized spacial score (nSPS) is 16.4. The summed E-state index contributed by atoms with van der Waals surface area (Å²) in [6.45, 7) is 0.315. The van der Waals surface area contributed by atoms with Crippen molar-refractivity contribution in [3.63, 3.8) is 0 Å². The molecule has 1 aliphatic heterocycles. The van der Waals surface area contributed by atoms with Crippen molar-refractivity contribution in [2.45, 2.75) is 25.1 Å². The highest BCUT2D eigenvalue weighted by Crippen LogP contribution is 2.28. The first-order valence-electron chi connectivity index (χ1n) is 6.33. The van der Waals surface area contributed by atoms with Crippen molar-refractivity contribution in [2.75, 3.05) is 13.1 Å². The number of hydrogen-bond donors (Lipinski definition) is 0. The Morgan fingerprint density at radius 1 is 1.36 bits per heavy atom. The van der Waals surface area contributed by atoms with Crippen molar-refractivity contribution in [3.8, 4) is 5.88 Å². The summed E-state index contributed by atoms with van der Waals surface area (Å²) in [7, 11) is 0. The van der Waals surface area contributed by atoms with Crippen LogP contribution >= 0.6 is 0 Å². The third-order valence-corrected chi connectivity index (χ3v) is 3.08. The number of aromatic nitrogens is 2. The van der Waals surface area contributed by atoms with E-state index in [1.165, 1.54) is 0 Å². The molecule has 0 atom stereocenters. The van der Waals surface area contributed by atoms with Gasteiger partial charge < -0.3 is 19.5 Å². The first kappa shape index (κ1) is 16.0. The number of halogens is 3. The van der Waals surface area contributed by atoms with E-state index in [4.69, 9.17) is 4.74 Å². The third-order valence-electron chi connectivity index (χ3n) is 3.08. The molecule has 120 valence electrons. The molecule has 0 N–H and O–H groups in total. The second-order valence-corrected chi connectivity index (χ2v) is 4.64. The van der Waals surface area contributed by atoms with Gasteiger partial charge in [0, 0.05) is 32.0 Å². The molecular formula is C12H11F3N3O4-. The van der Waals surface area contributed by atoms with Gasteiger partial charge in [-0.1, -0.05) is 0 Å². The highest BCUT2D eigenvalue weighted by atomic mass is 19.4. The van der Waals surface area contributed by atoms with Gasteiger partial charge in [-0.2, -0.15) is 18.2 Å². The van der Waals surface area contributed by atoms with Crippen LogP contribution in [-0.2, 0) is 6.18 Å². The zero-order valence-corrected chi connectivity index (χ0v) is 11.2. The summed E-state index contributed by atoms with van der Waals surface area (Å²) >= 11 is 0. The van der Waals surface area contributed by atoms with Crippen molar-refractivity contribution >= 4 is 12.4 Å². The lowest BCUT2D eigenvalue weighted by Gasteiger charge is -2.33. The number of carboxylic acid groups (broad SMARTS) is 1. The highest BCUT2D eigenvalue weighted by Gasteiger charge is 2.36. The van der Waals surface area contributed by atoms with E-state index in [9.17, 15) is 27.9 Å². The molecule has 1 aliphatic rings. The fourth-order valence-electron chi connectivity index (χ4n) is 2.02. The maximum atomic E-state index is 12.6. The molecule has 0 unspecified atom stereocenters. The van der Waals surface area contributed by atoms with Crippen LogP contribution in [0.1, 0.15) is 29.2 Å². The largest absolute Gasteiger partial charge is 0.530 e. The van der Waals surface area contributed by atoms with Crippen LogP contribution in [-0.4, -0.2) is 46.4 Å². The Morgan fingerprint density at radius 2 is 2.00 bits per heavy atom. The van der Waals surface area contributed by atoms with Gasteiger partial charge in [0.05, 0.1) is 0 Å². The molecule has 0 radical (unpaired) electrons. The topological polar surface area (TPSA) is 95.5 Å². The second-order valence-electron chi connectivity index (χ2n) is 4.64. The van der Waals surface area contributed by atoms with Crippen LogP contribution in [0.3, 0.4) is 0 Å². The van der Waals surface area contributed by atoms with Crippen LogP contribution in [0.4, 0.5) is 18.0 Å². The van der Waals surface area contributed by atoms with Crippen LogP contribution in [0.25, 0.3) is 0 Å². The van der Waals surface area contributed by atoms with Crippen molar-refractivity contribution in [1.82, 2.24) is 14.9 Å². The fourth-order valence-corrected chi connectivity index (χ4v) is 2.02. The average molecular weight is 318 g/mol. The molecule has 1 saturated heterocycles. The first-order chi connectivity index (χ1) is 10.3. The maximum Gasteiger partial charge on any atom is 0.451 e. The minimum absolute atomic E-state index is 0.157. The number of nitrogens with zero attached hydrogens (tertiary/aromatic N) is 3. The van der Waals surface area contributed by atoms with Crippen LogP contribution < -0.4 is 9.84 Å². The van der Waals surface area contributed by atoms with Crippen molar-refractivity contribution in [1.29, 1.82) is 0 Å². The summed E-state index contributed by atoms with van der Waals surface area (Å²) in [6, 6.07) is 1.01. The van der Waals surface area contributed by atoms with E-state index >= 15 is 0 Å². The van der Waals surface area contributed by atoms with E-state index < -0.39 is 29.9 Å². The average Bonchev–Trinajstić information content (AvgIpc) is 2.46. The molecule has 1 aromatic heterocycles. The molecule has 2 heterocycles. The van der Waals surface area contributed by atoms with E-state index in [-0.39, 0.29) is 38.1 Å². The number of hydrogen-bond acceptors (Lipinski definition) is 6. The molecule has 0 aliphatic carbocycles. The number of ether oxygens (including phenoxy) is 1. The van der Waals surface area contributed by atoms with Crippen LogP contribution in [0, 0.1) is 0 Å². The summed E-state index contributed by atoms with van der Waals surface area (Å²) < 4.78 is 43.2. The minimum Gasteiger partial charge on any atom is -0.530 e. The summed E-state index contributed by atoms with van der Waals surface area (Å²) in [4.78, 5) is 28.7. The second kappa shape index (κ2) is 6.16. The molecule has 0 aromatic carbocycles. The predicted octanol–water partition coefficient (Wildman–Crippen LogP) is 0.494. The van der Waals surface area contributed by atoms with Crippen LogP contribution in [0.15, 0.2) is 6.07 Å². The first-order valence-corrected chi connectivity index (χ1v) is 6.33. The number of rotatable bonds is 3. The van der Waals surface area contributed by atoms with Gasteiger partial charge in [0.15, 0.2) is 6.29 Å². The molecule has 2 rings (SSSR count). The van der Waals surface area contributed by atoms with Gasteiger partial charge in [-0.15, -0.1) is 0 Å². The van der Waals surface area contributed by atoms with Gasteiger partial charge in [-0.3, -0.25) is 4.79 Å². The summed E-state index contributed by atoms with van der Waals surface area (Å²) in [5.41, 5.74) is -0.440. The standard InChI is InChI=1S/C12H12F3N3O4/c13-12(14,15)10-16-7(6-19)5-9(17-10)22-8-1-3-18(4-2-8)11(20)21/h5-6,8H,1-4H2,(H,20,21)/p-1. The van der Waals surface area contributed by atoms with E-state index in [2.05, 4.69) is 9.97 Å². The molecule has 10 heteroatoms. The zero-order chi connectivity index (χ0) is 16.3. The van der Waals surface area contributed by atoms with E-state index in [1.807, 2.05) is 0 Å². The fraction of sp³-hybridized carbons (Fsp3) is 0.500. The Bertz CT molecular complexity index is 571. The van der Waals surface area contributed by atoms with Crippen LogP contribution in [0.2, 0.25) is 0 Å². The molecule has 1 amide bonds. The van der Waals surface area contributed by atoms with E-state index in [0.29, 0.717) is 0 Å². The van der Waals surface area contributed by atoms with Gasteiger partial charge in [0.1, 0.15) is 17.9 Å². The molecular weight excluding hydrogens is 307 g/mol. The monoisotopic (exact) mass is 318 g/mol. The lowest BCUT2D eigenvalue weighted by molar-refractivity contribution is -0.266. The van der Waals surface area contributed by atoms with Crippen molar-refractivity contribution in [3.05, 3.63) is 17.6 Å².